The number of hydrogen-bond donors (Lipinski definition) is 0. The first-order valence-electron chi connectivity index (χ1n) is 3.58. The maximum absolute atomic E-state index is 11.4. The van der Waals surface area contributed by atoms with Gasteiger partial charge in [-0.1, -0.05) is 22.6 Å². The summed E-state index contributed by atoms with van der Waals surface area (Å²) in [6.45, 7) is 2.10. The first-order chi connectivity index (χ1) is 6.06. The number of thiophene rings is 1. The van der Waals surface area contributed by atoms with Gasteiger partial charge in [-0.3, -0.25) is 4.18 Å². The number of halogens is 1. The van der Waals surface area contributed by atoms with E-state index >= 15 is 0 Å². The second kappa shape index (κ2) is 4.72. The second-order valence-electron chi connectivity index (χ2n) is 2.33. The molecule has 0 aliphatic carbocycles. The Balaban J connectivity index is 2.82. The lowest BCUT2D eigenvalue weighted by Gasteiger charge is -1.99. The van der Waals surface area contributed by atoms with Crippen molar-refractivity contribution < 1.29 is 12.6 Å². The van der Waals surface area contributed by atoms with E-state index < -0.39 is 10.1 Å². The third-order valence-electron chi connectivity index (χ3n) is 1.28. The minimum absolute atomic E-state index is 0.236. The molecule has 0 unspecified atom stereocenters. The quantitative estimate of drug-likeness (QED) is 0.482. The van der Waals surface area contributed by atoms with Crippen molar-refractivity contribution in [1.29, 1.82) is 0 Å². The Morgan fingerprint density at radius 3 is 2.69 bits per heavy atom. The van der Waals surface area contributed by atoms with Crippen LogP contribution in [0.15, 0.2) is 16.3 Å². The number of rotatable bonds is 4. The summed E-state index contributed by atoms with van der Waals surface area (Å²) in [5, 5.41) is 0. The molecule has 0 fully saturated rings. The highest BCUT2D eigenvalue weighted by Crippen LogP contribution is 2.22. The average molecular weight is 332 g/mol. The van der Waals surface area contributed by atoms with Gasteiger partial charge in [-0.15, -0.1) is 11.3 Å². The van der Waals surface area contributed by atoms with Gasteiger partial charge >= 0.3 is 10.1 Å². The lowest BCUT2D eigenvalue weighted by molar-refractivity contribution is 0.344. The summed E-state index contributed by atoms with van der Waals surface area (Å²) in [7, 11) is -3.49. The van der Waals surface area contributed by atoms with Gasteiger partial charge in [0.2, 0.25) is 0 Å². The largest absolute Gasteiger partial charge is 0.306 e. The molecule has 0 saturated heterocycles. The summed E-state index contributed by atoms with van der Waals surface area (Å²) in [5.41, 5.74) is 0. The van der Waals surface area contributed by atoms with Crippen molar-refractivity contribution in [1.82, 2.24) is 0 Å². The molecular formula is C7H9IO3S2. The fourth-order valence-electron chi connectivity index (χ4n) is 0.746. The molecule has 74 valence electrons. The molecule has 0 aliphatic heterocycles. The van der Waals surface area contributed by atoms with Crippen LogP contribution in [-0.4, -0.2) is 19.5 Å². The Bertz CT molecular complexity index is 369. The standard InChI is InChI=1S/C7H9IO3S2/c1-6-2-3-7(12-6)13(9,10)11-5-4-8/h2-3H,4-5H2,1H3. The smallest absolute Gasteiger partial charge is 0.265 e. The van der Waals surface area contributed by atoms with Gasteiger partial charge in [-0.2, -0.15) is 8.42 Å². The zero-order valence-corrected chi connectivity index (χ0v) is 10.8. The number of aryl methyl sites for hydroxylation is 1. The van der Waals surface area contributed by atoms with Crippen LogP contribution >= 0.6 is 33.9 Å². The molecule has 13 heavy (non-hydrogen) atoms. The predicted molar refractivity (Wildman–Crippen MR) is 61.1 cm³/mol. The van der Waals surface area contributed by atoms with E-state index in [-0.39, 0.29) is 10.8 Å². The fourth-order valence-corrected chi connectivity index (χ4v) is 3.45. The molecule has 0 aliphatic rings. The third kappa shape index (κ3) is 3.19. The van der Waals surface area contributed by atoms with Crippen LogP contribution in [0.3, 0.4) is 0 Å². The normalized spacial score (nSPS) is 11.8. The summed E-state index contributed by atoms with van der Waals surface area (Å²) in [4.78, 5) is 0.969. The minimum Gasteiger partial charge on any atom is -0.265 e. The molecule has 3 nitrogen and oxygen atoms in total. The van der Waals surface area contributed by atoms with E-state index in [1.807, 2.05) is 6.92 Å². The highest BCUT2D eigenvalue weighted by atomic mass is 127. The highest BCUT2D eigenvalue weighted by molar-refractivity contribution is 14.1. The Hall–Kier alpha value is 0.340. The van der Waals surface area contributed by atoms with Crippen molar-refractivity contribution in [2.75, 3.05) is 11.0 Å². The van der Waals surface area contributed by atoms with Gasteiger partial charge in [0.1, 0.15) is 4.21 Å². The lowest BCUT2D eigenvalue weighted by Crippen LogP contribution is -2.06. The van der Waals surface area contributed by atoms with E-state index in [9.17, 15) is 8.42 Å². The summed E-state index contributed by atoms with van der Waals surface area (Å²) in [5.74, 6) is 0. The van der Waals surface area contributed by atoms with Gasteiger partial charge in [0.05, 0.1) is 6.61 Å². The zero-order chi connectivity index (χ0) is 9.90. The van der Waals surface area contributed by atoms with E-state index in [1.54, 1.807) is 12.1 Å². The van der Waals surface area contributed by atoms with Gasteiger partial charge in [-0.05, 0) is 19.1 Å². The van der Waals surface area contributed by atoms with E-state index in [2.05, 4.69) is 22.6 Å². The maximum Gasteiger partial charge on any atom is 0.306 e. The van der Waals surface area contributed by atoms with Gasteiger partial charge in [0, 0.05) is 9.30 Å². The molecule has 1 aromatic rings. The molecule has 0 atom stereocenters. The van der Waals surface area contributed by atoms with Crippen molar-refractivity contribution in [3.63, 3.8) is 0 Å². The van der Waals surface area contributed by atoms with Gasteiger partial charge in [0.15, 0.2) is 0 Å². The SMILES string of the molecule is Cc1ccc(S(=O)(=O)OCCI)s1. The van der Waals surface area contributed by atoms with E-state index in [4.69, 9.17) is 4.18 Å². The molecule has 0 amide bonds. The van der Waals surface area contributed by atoms with Crippen molar-refractivity contribution in [2.24, 2.45) is 0 Å². The van der Waals surface area contributed by atoms with Crippen LogP contribution in [0, 0.1) is 6.92 Å². The first-order valence-corrected chi connectivity index (χ1v) is 7.33. The van der Waals surface area contributed by atoms with Crippen LogP contribution in [0.1, 0.15) is 4.88 Å². The molecule has 0 N–H and O–H groups in total. The topological polar surface area (TPSA) is 43.4 Å². The molecule has 0 spiro atoms. The van der Waals surface area contributed by atoms with Crippen LogP contribution in [0.2, 0.25) is 0 Å². The molecule has 1 rings (SSSR count). The van der Waals surface area contributed by atoms with Gasteiger partial charge in [0.25, 0.3) is 0 Å². The highest BCUT2D eigenvalue weighted by Gasteiger charge is 2.16. The third-order valence-corrected chi connectivity index (χ3v) is 4.48. The van der Waals surface area contributed by atoms with Crippen molar-refractivity contribution in [3.8, 4) is 0 Å². The van der Waals surface area contributed by atoms with Crippen molar-refractivity contribution in [3.05, 3.63) is 17.0 Å². The zero-order valence-electron chi connectivity index (χ0n) is 6.99. The van der Waals surface area contributed by atoms with Crippen LogP contribution in [0.4, 0.5) is 0 Å². The van der Waals surface area contributed by atoms with Gasteiger partial charge < -0.3 is 0 Å². The molecular weight excluding hydrogens is 323 g/mol. The molecule has 6 heteroatoms. The molecule has 0 bridgehead atoms. The molecule has 0 aromatic carbocycles. The molecule has 1 heterocycles. The van der Waals surface area contributed by atoms with E-state index in [0.29, 0.717) is 4.43 Å². The van der Waals surface area contributed by atoms with Crippen LogP contribution in [-0.2, 0) is 14.3 Å². The van der Waals surface area contributed by atoms with Crippen molar-refractivity contribution in [2.45, 2.75) is 11.1 Å². The lowest BCUT2D eigenvalue weighted by atomic mass is 10.5. The summed E-state index contributed by atoms with van der Waals surface area (Å²) < 4.78 is 28.5. The fraction of sp³-hybridized carbons (Fsp3) is 0.429. The summed E-state index contributed by atoms with van der Waals surface area (Å²) in [6, 6.07) is 3.34. The monoisotopic (exact) mass is 332 g/mol. The van der Waals surface area contributed by atoms with Gasteiger partial charge in [-0.25, -0.2) is 0 Å². The first kappa shape index (κ1) is 11.4. The van der Waals surface area contributed by atoms with E-state index in [1.165, 1.54) is 11.3 Å². The minimum atomic E-state index is -3.49. The Morgan fingerprint density at radius 1 is 1.54 bits per heavy atom. The maximum atomic E-state index is 11.4. The number of hydrogen-bond acceptors (Lipinski definition) is 4. The average Bonchev–Trinajstić information content (AvgIpc) is 2.49. The second-order valence-corrected chi connectivity index (χ2v) is 6.54. The van der Waals surface area contributed by atoms with Crippen molar-refractivity contribution >= 4 is 44.0 Å². The van der Waals surface area contributed by atoms with Crippen LogP contribution in [0.25, 0.3) is 0 Å². The Morgan fingerprint density at radius 2 is 2.23 bits per heavy atom. The predicted octanol–water partition coefficient (Wildman–Crippen LogP) is 2.20. The number of alkyl halides is 1. The molecule has 0 radical (unpaired) electrons. The Kier molecular flexibility index (Phi) is 4.14. The van der Waals surface area contributed by atoms with Crippen LogP contribution in [0.5, 0.6) is 0 Å². The molecule has 0 saturated carbocycles. The van der Waals surface area contributed by atoms with Crippen LogP contribution < -0.4 is 0 Å². The van der Waals surface area contributed by atoms with E-state index in [0.717, 1.165) is 4.88 Å². The molecule has 1 aromatic heterocycles. The summed E-state index contributed by atoms with van der Waals surface area (Å²) in [6.07, 6.45) is 0. The summed E-state index contributed by atoms with van der Waals surface area (Å²) >= 11 is 3.30. The Labute approximate surface area is 95.4 Å².